The van der Waals surface area contributed by atoms with Crippen molar-refractivity contribution in [1.82, 2.24) is 14.6 Å². The van der Waals surface area contributed by atoms with Gasteiger partial charge in [0.25, 0.3) is 5.91 Å². The Labute approximate surface area is 172 Å². The number of piperidine rings is 1. The minimum absolute atomic E-state index is 0.123. The molecule has 0 bridgehead atoms. The summed E-state index contributed by atoms with van der Waals surface area (Å²) in [4.78, 5) is 19.5. The zero-order valence-electron chi connectivity index (χ0n) is 17.0. The third-order valence-corrected chi connectivity index (χ3v) is 6.89. The van der Waals surface area contributed by atoms with E-state index in [1.165, 1.54) is 26.6 Å². The second-order valence-corrected chi connectivity index (χ2v) is 9.49. The van der Waals surface area contributed by atoms with Crippen LogP contribution in [0.25, 0.3) is 0 Å². The topological polar surface area (TPSA) is 82.6 Å². The maximum absolute atomic E-state index is 13.0. The normalized spacial score (nSPS) is 14.8. The summed E-state index contributed by atoms with van der Waals surface area (Å²) in [5.74, 6) is -0.266. The highest BCUT2D eigenvalue weighted by Gasteiger charge is 2.24. The quantitative estimate of drug-likeness (QED) is 0.749. The largest absolute Gasteiger partial charge is 0.371 e. The van der Waals surface area contributed by atoms with Crippen molar-refractivity contribution in [2.45, 2.75) is 30.6 Å². The minimum Gasteiger partial charge on any atom is -0.371 e. The fourth-order valence-corrected chi connectivity index (χ4v) is 4.35. The van der Waals surface area contributed by atoms with Crippen molar-refractivity contribution in [2.75, 3.05) is 38.6 Å². The summed E-state index contributed by atoms with van der Waals surface area (Å²) in [6.45, 7) is 2.17. The number of hydrogen-bond donors (Lipinski definition) is 1. The molecule has 0 radical (unpaired) electrons. The lowest BCUT2D eigenvalue weighted by atomic mass is 10.1. The van der Waals surface area contributed by atoms with Gasteiger partial charge in [-0.1, -0.05) is 6.07 Å². The third kappa shape index (κ3) is 5.13. The maximum Gasteiger partial charge on any atom is 0.253 e. The van der Waals surface area contributed by atoms with Crippen LogP contribution >= 0.6 is 0 Å². The summed E-state index contributed by atoms with van der Waals surface area (Å²) < 4.78 is 26.3. The monoisotopic (exact) mass is 416 g/mol. The molecule has 2 aromatic rings. The highest BCUT2D eigenvalue weighted by atomic mass is 32.2. The molecular weight excluding hydrogens is 388 g/mol. The number of carbonyl (C=O) groups excluding carboxylic acids is 1. The Morgan fingerprint density at radius 3 is 2.55 bits per heavy atom. The number of hydrogen-bond acceptors (Lipinski definition) is 5. The summed E-state index contributed by atoms with van der Waals surface area (Å²) in [5, 5.41) is 2.92. The fraction of sp³-hybridized carbons (Fsp3) is 0.429. The molecule has 1 saturated heterocycles. The van der Waals surface area contributed by atoms with E-state index in [1.54, 1.807) is 18.3 Å². The van der Waals surface area contributed by atoms with E-state index in [9.17, 15) is 13.2 Å². The van der Waals surface area contributed by atoms with Crippen molar-refractivity contribution < 1.29 is 13.2 Å². The summed E-state index contributed by atoms with van der Waals surface area (Å²) in [6.07, 6.45) is 5.65. The lowest BCUT2D eigenvalue weighted by Crippen LogP contribution is -2.33. The first-order valence-corrected chi connectivity index (χ1v) is 11.3. The van der Waals surface area contributed by atoms with Crippen LogP contribution in [0.1, 0.15) is 35.3 Å². The summed E-state index contributed by atoms with van der Waals surface area (Å²) in [6, 6.07) is 10.5. The first kappa shape index (κ1) is 21.3. The van der Waals surface area contributed by atoms with Crippen molar-refractivity contribution in [2.24, 2.45) is 0 Å². The first-order chi connectivity index (χ1) is 13.9. The molecule has 1 amide bonds. The molecule has 0 spiro atoms. The van der Waals surface area contributed by atoms with Gasteiger partial charge in [-0.15, -0.1) is 0 Å². The molecule has 1 aromatic heterocycles. The standard InChI is InChI=1S/C21H28N4O3S/c1-24(2)29(27,28)18-9-10-20(25-14-6-3-7-15-25)19(16-18)21(26)23-13-11-17-8-4-5-12-22-17/h4-5,8-10,12,16H,3,6-7,11,13-15H2,1-2H3,(H,23,26). The van der Waals surface area contributed by atoms with E-state index in [1.807, 2.05) is 18.2 Å². The molecular formula is C21H28N4O3S. The maximum atomic E-state index is 13.0. The number of rotatable bonds is 7. The van der Waals surface area contributed by atoms with Crippen molar-refractivity contribution in [3.63, 3.8) is 0 Å². The number of amides is 1. The van der Waals surface area contributed by atoms with Crippen LogP contribution in [0.15, 0.2) is 47.5 Å². The molecule has 29 heavy (non-hydrogen) atoms. The Morgan fingerprint density at radius 2 is 1.90 bits per heavy atom. The molecule has 1 aromatic carbocycles. The molecule has 2 heterocycles. The van der Waals surface area contributed by atoms with Gasteiger partial charge < -0.3 is 10.2 Å². The number of sulfonamides is 1. The number of benzene rings is 1. The Morgan fingerprint density at radius 1 is 1.14 bits per heavy atom. The van der Waals surface area contributed by atoms with Gasteiger partial charge in [-0.25, -0.2) is 12.7 Å². The second-order valence-electron chi connectivity index (χ2n) is 7.34. The Kier molecular flexibility index (Phi) is 6.87. The molecule has 0 saturated carbocycles. The van der Waals surface area contributed by atoms with E-state index in [0.29, 0.717) is 18.5 Å². The molecule has 1 N–H and O–H groups in total. The van der Waals surface area contributed by atoms with E-state index in [0.717, 1.165) is 41.6 Å². The van der Waals surface area contributed by atoms with Crippen molar-refractivity contribution in [3.8, 4) is 0 Å². The molecule has 8 heteroatoms. The molecule has 3 rings (SSSR count). The average molecular weight is 417 g/mol. The smallest absolute Gasteiger partial charge is 0.253 e. The van der Waals surface area contributed by atoms with E-state index < -0.39 is 10.0 Å². The van der Waals surface area contributed by atoms with Gasteiger partial charge >= 0.3 is 0 Å². The number of carbonyl (C=O) groups is 1. The average Bonchev–Trinajstić information content (AvgIpc) is 2.74. The van der Waals surface area contributed by atoms with E-state index in [2.05, 4.69) is 15.2 Å². The van der Waals surface area contributed by atoms with Gasteiger partial charge in [0.15, 0.2) is 0 Å². The lowest BCUT2D eigenvalue weighted by molar-refractivity contribution is 0.0954. The molecule has 156 valence electrons. The molecule has 0 atom stereocenters. The van der Waals surface area contributed by atoms with Gasteiger partial charge in [-0.3, -0.25) is 9.78 Å². The molecule has 1 fully saturated rings. The van der Waals surface area contributed by atoms with Crippen molar-refractivity contribution in [1.29, 1.82) is 0 Å². The third-order valence-electron chi connectivity index (χ3n) is 5.08. The minimum atomic E-state index is -3.62. The first-order valence-electron chi connectivity index (χ1n) is 9.89. The Hall–Kier alpha value is -2.45. The summed E-state index contributed by atoms with van der Waals surface area (Å²) in [5.41, 5.74) is 2.08. The van der Waals surface area contributed by atoms with Crippen molar-refractivity contribution in [3.05, 3.63) is 53.9 Å². The zero-order valence-corrected chi connectivity index (χ0v) is 17.8. The van der Waals surface area contributed by atoms with Crippen LogP contribution in [-0.2, 0) is 16.4 Å². The Balaban J connectivity index is 1.84. The summed E-state index contributed by atoms with van der Waals surface area (Å²) >= 11 is 0. The number of nitrogens with zero attached hydrogens (tertiary/aromatic N) is 3. The molecule has 0 aliphatic carbocycles. The van der Waals surface area contributed by atoms with Crippen LogP contribution in [-0.4, -0.2) is 57.3 Å². The van der Waals surface area contributed by atoms with Gasteiger partial charge in [0, 0.05) is 57.7 Å². The number of anilines is 1. The van der Waals surface area contributed by atoms with Crippen LogP contribution < -0.4 is 10.2 Å². The predicted molar refractivity (Wildman–Crippen MR) is 114 cm³/mol. The van der Waals surface area contributed by atoms with Gasteiger partial charge in [0.1, 0.15) is 0 Å². The fourth-order valence-electron chi connectivity index (χ4n) is 3.42. The SMILES string of the molecule is CN(C)S(=O)(=O)c1ccc(N2CCCCC2)c(C(=O)NCCc2ccccn2)c1. The number of nitrogens with one attached hydrogen (secondary N) is 1. The number of aromatic nitrogens is 1. The van der Waals surface area contributed by atoms with Gasteiger partial charge in [0.2, 0.25) is 10.0 Å². The highest BCUT2D eigenvalue weighted by molar-refractivity contribution is 7.89. The second kappa shape index (κ2) is 9.37. The van der Waals surface area contributed by atoms with E-state index >= 15 is 0 Å². The van der Waals surface area contributed by atoms with Crippen LogP contribution in [0.3, 0.4) is 0 Å². The molecule has 7 nitrogen and oxygen atoms in total. The summed E-state index contributed by atoms with van der Waals surface area (Å²) in [7, 11) is -0.646. The molecule has 0 unspecified atom stereocenters. The van der Waals surface area contributed by atoms with Crippen LogP contribution in [0, 0.1) is 0 Å². The van der Waals surface area contributed by atoms with Crippen molar-refractivity contribution >= 4 is 21.6 Å². The lowest BCUT2D eigenvalue weighted by Gasteiger charge is -2.30. The van der Waals surface area contributed by atoms with Crippen LogP contribution in [0.5, 0.6) is 0 Å². The van der Waals surface area contributed by atoms with E-state index in [-0.39, 0.29) is 10.8 Å². The van der Waals surface area contributed by atoms with Crippen LogP contribution in [0.4, 0.5) is 5.69 Å². The zero-order chi connectivity index (χ0) is 20.9. The highest BCUT2D eigenvalue weighted by Crippen LogP contribution is 2.27. The van der Waals surface area contributed by atoms with Gasteiger partial charge in [-0.2, -0.15) is 0 Å². The van der Waals surface area contributed by atoms with E-state index in [4.69, 9.17) is 0 Å². The number of pyridine rings is 1. The van der Waals surface area contributed by atoms with Crippen LogP contribution in [0.2, 0.25) is 0 Å². The molecule has 1 aliphatic heterocycles. The molecule has 1 aliphatic rings. The van der Waals surface area contributed by atoms with Gasteiger partial charge in [0.05, 0.1) is 10.5 Å². The van der Waals surface area contributed by atoms with Gasteiger partial charge in [-0.05, 0) is 49.6 Å². The predicted octanol–water partition coefficient (Wildman–Crippen LogP) is 2.29. The Bertz CT molecular complexity index is 940.